The number of amides is 2. The van der Waals surface area contributed by atoms with Gasteiger partial charge in [0.25, 0.3) is 0 Å². The Balaban J connectivity index is 2.07. The predicted molar refractivity (Wildman–Crippen MR) is 84.4 cm³/mol. The number of aliphatic hydroxyl groups excluding tert-OH is 1. The lowest BCUT2D eigenvalue weighted by atomic mass is 10.1. The van der Waals surface area contributed by atoms with Gasteiger partial charge >= 0.3 is 0 Å². The quantitative estimate of drug-likeness (QED) is 0.618. The summed E-state index contributed by atoms with van der Waals surface area (Å²) in [5, 5.41) is 14.5. The fourth-order valence-electron chi connectivity index (χ4n) is 2.53. The number of likely N-dealkylation sites (N-methyl/N-ethyl adjacent to an activating group) is 1. The number of aryl methyl sites for hydroxylation is 1. The number of carbonyl (C=O) groups is 2. The van der Waals surface area contributed by atoms with E-state index in [1.807, 2.05) is 13.0 Å². The molecule has 0 unspecified atom stereocenters. The number of hydrogen-bond donors (Lipinski definition) is 3. The van der Waals surface area contributed by atoms with Crippen molar-refractivity contribution in [1.82, 2.24) is 15.2 Å². The summed E-state index contributed by atoms with van der Waals surface area (Å²) >= 11 is 0. The Morgan fingerprint density at radius 1 is 1.55 bits per heavy atom. The Morgan fingerprint density at radius 3 is 3.05 bits per heavy atom. The highest BCUT2D eigenvalue weighted by atomic mass is 16.3. The normalized spacial score (nSPS) is 13.1. The first-order chi connectivity index (χ1) is 10.5. The first-order valence-corrected chi connectivity index (χ1v) is 7.22. The molecule has 0 saturated carbocycles. The molecular weight excluding hydrogens is 282 g/mol. The summed E-state index contributed by atoms with van der Waals surface area (Å²) in [4.78, 5) is 26.6. The van der Waals surface area contributed by atoms with Crippen molar-refractivity contribution in [2.45, 2.75) is 19.8 Å². The number of hydrogen-bond acceptors (Lipinski definition) is 3. The van der Waals surface area contributed by atoms with E-state index >= 15 is 0 Å². The van der Waals surface area contributed by atoms with E-state index in [1.165, 1.54) is 4.90 Å². The number of nitrogens with zero attached hydrogens (tertiary/aromatic N) is 1. The molecule has 118 valence electrons. The van der Waals surface area contributed by atoms with Gasteiger partial charge in [-0.3, -0.25) is 9.59 Å². The largest absolute Gasteiger partial charge is 0.506 e. The minimum Gasteiger partial charge on any atom is -0.506 e. The lowest BCUT2D eigenvalue weighted by molar-refractivity contribution is -0.127. The third-order valence-electron chi connectivity index (χ3n) is 3.62. The highest BCUT2D eigenvalue weighted by Gasteiger charge is 2.10. The Hall–Kier alpha value is -2.50. The molecule has 1 aromatic rings. The van der Waals surface area contributed by atoms with Crippen molar-refractivity contribution in [2.24, 2.45) is 0 Å². The monoisotopic (exact) mass is 303 g/mol. The van der Waals surface area contributed by atoms with E-state index < -0.39 is 0 Å². The number of aliphatic hydroxyl groups is 1. The van der Waals surface area contributed by atoms with Gasteiger partial charge < -0.3 is 20.3 Å². The van der Waals surface area contributed by atoms with Crippen LogP contribution in [0.15, 0.2) is 12.2 Å². The van der Waals surface area contributed by atoms with Gasteiger partial charge in [0.1, 0.15) is 5.76 Å². The van der Waals surface area contributed by atoms with Crippen LogP contribution in [0.2, 0.25) is 0 Å². The first kappa shape index (κ1) is 15.9. The summed E-state index contributed by atoms with van der Waals surface area (Å²) in [6, 6.07) is 0. The standard InChI is InChI=1S/C16H21N3O3/c1-11-12(7-8-17-15(22)9-19(2)10-20)13-5-3-4-6-14(21)16(13)18-11/h4-6,10,18,21H,3,7-9H2,1-2H3,(H,17,22). The van der Waals surface area contributed by atoms with Crippen LogP contribution < -0.4 is 15.9 Å². The Kier molecular flexibility index (Phi) is 5.04. The minimum absolute atomic E-state index is 0.0539. The molecule has 0 aromatic carbocycles. The van der Waals surface area contributed by atoms with Gasteiger partial charge in [-0.15, -0.1) is 0 Å². The molecule has 0 aliphatic heterocycles. The molecule has 0 bridgehead atoms. The van der Waals surface area contributed by atoms with Crippen molar-refractivity contribution in [3.8, 4) is 0 Å². The summed E-state index contributed by atoms with van der Waals surface area (Å²) in [5.74, 6) is 0.0451. The summed E-state index contributed by atoms with van der Waals surface area (Å²) in [7, 11) is 1.56. The zero-order valence-corrected chi connectivity index (χ0v) is 12.8. The van der Waals surface area contributed by atoms with Crippen molar-refractivity contribution in [3.05, 3.63) is 34.0 Å². The van der Waals surface area contributed by atoms with Gasteiger partial charge in [-0.25, -0.2) is 0 Å². The van der Waals surface area contributed by atoms with E-state index in [9.17, 15) is 14.7 Å². The maximum Gasteiger partial charge on any atom is 0.239 e. The van der Waals surface area contributed by atoms with Gasteiger partial charge in [0, 0.05) is 24.5 Å². The summed E-state index contributed by atoms with van der Waals surface area (Å²) < 4.78 is 0. The highest BCUT2D eigenvalue weighted by Crippen LogP contribution is 2.02. The highest BCUT2D eigenvalue weighted by molar-refractivity contribution is 5.79. The molecule has 6 heteroatoms. The SMILES string of the molecule is Cc1[nH]c2c(c1CCNC(=O)CN(C)C=O)=CCC=CC=2O. The zero-order chi connectivity index (χ0) is 16.1. The van der Waals surface area contributed by atoms with Crippen molar-refractivity contribution in [3.63, 3.8) is 0 Å². The fourth-order valence-corrected chi connectivity index (χ4v) is 2.53. The van der Waals surface area contributed by atoms with Crippen molar-refractivity contribution in [1.29, 1.82) is 0 Å². The molecule has 3 N–H and O–H groups in total. The van der Waals surface area contributed by atoms with E-state index in [1.54, 1.807) is 13.1 Å². The Labute approximate surface area is 128 Å². The summed E-state index contributed by atoms with van der Waals surface area (Å²) in [6.07, 6.45) is 7.71. The molecule has 0 spiro atoms. The molecule has 2 amide bonds. The van der Waals surface area contributed by atoms with Gasteiger partial charge in [0.05, 0.1) is 11.9 Å². The first-order valence-electron chi connectivity index (χ1n) is 7.22. The number of allylic oxidation sites excluding steroid dienone is 1. The number of H-pyrrole nitrogens is 1. The van der Waals surface area contributed by atoms with E-state index in [4.69, 9.17) is 0 Å². The van der Waals surface area contributed by atoms with Crippen molar-refractivity contribution in [2.75, 3.05) is 20.1 Å². The van der Waals surface area contributed by atoms with Crippen LogP contribution in [-0.4, -0.2) is 47.4 Å². The van der Waals surface area contributed by atoms with Crippen LogP contribution in [0.1, 0.15) is 17.7 Å². The molecule has 0 atom stereocenters. The molecule has 1 aliphatic carbocycles. The minimum atomic E-state index is -0.186. The third kappa shape index (κ3) is 3.58. The van der Waals surface area contributed by atoms with Gasteiger partial charge in [-0.1, -0.05) is 12.2 Å². The van der Waals surface area contributed by atoms with Crippen molar-refractivity contribution >= 4 is 24.2 Å². The van der Waals surface area contributed by atoms with Crippen LogP contribution in [0.25, 0.3) is 11.8 Å². The molecular formula is C16H21N3O3. The van der Waals surface area contributed by atoms with Gasteiger partial charge in [0.2, 0.25) is 12.3 Å². The fraction of sp³-hybridized carbons (Fsp3) is 0.375. The van der Waals surface area contributed by atoms with Gasteiger partial charge in [0.15, 0.2) is 0 Å². The molecule has 1 aliphatic rings. The van der Waals surface area contributed by atoms with E-state index in [0.29, 0.717) is 19.4 Å². The second kappa shape index (κ2) is 6.98. The Morgan fingerprint density at radius 2 is 2.32 bits per heavy atom. The molecule has 1 heterocycles. The van der Waals surface area contributed by atoms with E-state index in [-0.39, 0.29) is 18.2 Å². The van der Waals surface area contributed by atoms with Crippen LogP contribution >= 0.6 is 0 Å². The number of aromatic nitrogens is 1. The molecule has 1 aromatic heterocycles. The summed E-state index contributed by atoms with van der Waals surface area (Å²) in [6.45, 7) is 2.49. The second-order valence-electron chi connectivity index (χ2n) is 5.37. The predicted octanol–water partition coefficient (Wildman–Crippen LogP) is -0.523. The van der Waals surface area contributed by atoms with Crippen LogP contribution in [0.3, 0.4) is 0 Å². The average Bonchev–Trinajstić information content (AvgIpc) is 2.68. The Bertz CT molecular complexity index is 716. The number of aromatic amines is 1. The zero-order valence-electron chi connectivity index (χ0n) is 12.8. The topological polar surface area (TPSA) is 85.4 Å². The maximum atomic E-state index is 11.6. The number of carbonyl (C=O) groups excluding carboxylic acids is 2. The second-order valence-corrected chi connectivity index (χ2v) is 5.37. The molecule has 2 rings (SSSR count). The number of rotatable bonds is 6. The summed E-state index contributed by atoms with van der Waals surface area (Å²) in [5.41, 5.74) is 2.08. The number of nitrogens with one attached hydrogen (secondary N) is 2. The van der Waals surface area contributed by atoms with E-state index in [2.05, 4.69) is 16.4 Å². The van der Waals surface area contributed by atoms with Gasteiger partial charge in [-0.2, -0.15) is 0 Å². The van der Waals surface area contributed by atoms with Gasteiger partial charge in [-0.05, 0) is 31.4 Å². The molecule has 22 heavy (non-hydrogen) atoms. The molecule has 0 fully saturated rings. The van der Waals surface area contributed by atoms with Crippen LogP contribution in [-0.2, 0) is 16.0 Å². The lowest BCUT2D eigenvalue weighted by Crippen LogP contribution is -2.36. The smallest absolute Gasteiger partial charge is 0.239 e. The molecule has 6 nitrogen and oxygen atoms in total. The lowest BCUT2D eigenvalue weighted by Gasteiger charge is -2.10. The average molecular weight is 303 g/mol. The number of fused-ring (bicyclic) bond motifs is 1. The van der Waals surface area contributed by atoms with Crippen LogP contribution in [0.4, 0.5) is 0 Å². The maximum absolute atomic E-state index is 11.6. The van der Waals surface area contributed by atoms with Crippen LogP contribution in [0, 0.1) is 6.92 Å². The van der Waals surface area contributed by atoms with Crippen LogP contribution in [0.5, 0.6) is 0 Å². The third-order valence-corrected chi connectivity index (χ3v) is 3.62. The molecule has 0 saturated heterocycles. The van der Waals surface area contributed by atoms with Crippen molar-refractivity contribution < 1.29 is 14.7 Å². The molecule has 0 radical (unpaired) electrons. The van der Waals surface area contributed by atoms with E-state index in [0.717, 1.165) is 28.2 Å².